The van der Waals surface area contributed by atoms with Gasteiger partial charge in [0.05, 0.1) is 0 Å². The van der Waals surface area contributed by atoms with Crippen LogP contribution in [-0.2, 0) is 4.74 Å². The summed E-state index contributed by atoms with van der Waals surface area (Å²) in [5, 5.41) is 0. The van der Waals surface area contributed by atoms with Gasteiger partial charge in [0.2, 0.25) is 12.9 Å². The highest BCUT2D eigenvalue weighted by atomic mass is 19.4. The standard InChI is InChI=1S/C10H8F14O/c11-5(12)1-3(7(15,16)9(19,20)21)25-4(2-6(13)14)8(17,18)10(22,23)24/h3-6H,1-2H2. The molecule has 0 N–H and O–H groups in total. The van der Waals surface area contributed by atoms with Crippen LogP contribution in [0.2, 0.25) is 0 Å². The maximum Gasteiger partial charge on any atom is 0.456 e. The van der Waals surface area contributed by atoms with Gasteiger partial charge in [-0.25, -0.2) is 17.6 Å². The Balaban J connectivity index is 5.85. The summed E-state index contributed by atoms with van der Waals surface area (Å²) < 4.78 is 177. The largest absolute Gasteiger partial charge is 0.456 e. The smallest absolute Gasteiger partial charge is 0.361 e. The van der Waals surface area contributed by atoms with Crippen molar-refractivity contribution in [2.45, 2.75) is 62.1 Å². The molecule has 0 aliphatic rings. The van der Waals surface area contributed by atoms with E-state index >= 15 is 0 Å². The monoisotopic (exact) mass is 410 g/mol. The topological polar surface area (TPSA) is 9.23 Å². The van der Waals surface area contributed by atoms with Crippen molar-refractivity contribution in [3.05, 3.63) is 0 Å². The molecule has 2 unspecified atom stereocenters. The molecular weight excluding hydrogens is 402 g/mol. The molecule has 0 heterocycles. The maximum atomic E-state index is 13.0. The van der Waals surface area contributed by atoms with E-state index in [0.29, 0.717) is 0 Å². The van der Waals surface area contributed by atoms with Gasteiger partial charge in [-0.2, -0.15) is 43.9 Å². The minimum atomic E-state index is -6.67. The molecule has 0 radical (unpaired) electrons. The molecule has 0 fully saturated rings. The molecule has 0 aromatic rings. The molecule has 152 valence electrons. The predicted octanol–water partition coefficient (Wildman–Crippen LogP) is 5.45. The molecule has 0 aliphatic heterocycles. The van der Waals surface area contributed by atoms with Crippen LogP contribution in [-0.4, -0.2) is 49.3 Å². The quantitative estimate of drug-likeness (QED) is 0.484. The number of alkyl halides is 14. The Morgan fingerprint density at radius 1 is 0.520 bits per heavy atom. The molecule has 0 saturated carbocycles. The Bertz CT molecular complexity index is 373. The summed E-state index contributed by atoms with van der Waals surface area (Å²) in [7, 11) is 0. The molecule has 25 heavy (non-hydrogen) atoms. The van der Waals surface area contributed by atoms with E-state index in [1.165, 1.54) is 0 Å². The first-order chi connectivity index (χ1) is 10.8. The normalized spacial score (nSPS) is 17.3. The van der Waals surface area contributed by atoms with Gasteiger partial charge in [0, 0.05) is 12.8 Å². The second kappa shape index (κ2) is 7.70. The van der Waals surface area contributed by atoms with E-state index in [0.717, 1.165) is 0 Å². The van der Waals surface area contributed by atoms with Gasteiger partial charge < -0.3 is 4.74 Å². The van der Waals surface area contributed by atoms with Gasteiger partial charge >= 0.3 is 24.2 Å². The lowest BCUT2D eigenvalue weighted by Gasteiger charge is -2.35. The van der Waals surface area contributed by atoms with Gasteiger partial charge in [0.15, 0.2) is 0 Å². The van der Waals surface area contributed by atoms with Crippen LogP contribution in [0, 0.1) is 0 Å². The molecule has 0 aliphatic carbocycles. The van der Waals surface area contributed by atoms with Gasteiger partial charge in [-0.1, -0.05) is 0 Å². The zero-order valence-corrected chi connectivity index (χ0v) is 11.4. The lowest BCUT2D eigenvalue weighted by Crippen LogP contribution is -2.55. The zero-order chi connectivity index (χ0) is 20.4. The Labute approximate surface area is 129 Å². The third-order valence-electron chi connectivity index (χ3n) is 2.68. The highest BCUT2D eigenvalue weighted by molar-refractivity contribution is 4.91. The Morgan fingerprint density at radius 3 is 0.920 bits per heavy atom. The van der Waals surface area contributed by atoms with Crippen molar-refractivity contribution in [1.82, 2.24) is 0 Å². The van der Waals surface area contributed by atoms with Crippen LogP contribution in [0.15, 0.2) is 0 Å². The summed E-state index contributed by atoms with van der Waals surface area (Å²) in [5.74, 6) is -12.6. The molecule has 0 aromatic carbocycles. The highest BCUT2D eigenvalue weighted by Crippen LogP contribution is 2.46. The Hall–Kier alpha value is -1.02. The van der Waals surface area contributed by atoms with Crippen LogP contribution < -0.4 is 0 Å². The second-order valence-corrected chi connectivity index (χ2v) is 4.61. The summed E-state index contributed by atoms with van der Waals surface area (Å²) >= 11 is 0. The third kappa shape index (κ3) is 6.02. The summed E-state index contributed by atoms with van der Waals surface area (Å²) in [6.07, 6.45) is -35.2. The van der Waals surface area contributed by atoms with Gasteiger partial charge in [0.1, 0.15) is 12.2 Å². The van der Waals surface area contributed by atoms with E-state index in [4.69, 9.17) is 0 Å². The van der Waals surface area contributed by atoms with Gasteiger partial charge in [-0.15, -0.1) is 0 Å². The SMILES string of the molecule is FC(F)CC(OC(CC(F)F)C(F)(F)C(F)(F)F)C(F)(F)C(F)(F)F. The summed E-state index contributed by atoms with van der Waals surface area (Å²) in [6, 6.07) is 0. The van der Waals surface area contributed by atoms with Crippen molar-refractivity contribution in [3.63, 3.8) is 0 Å². The van der Waals surface area contributed by atoms with Crippen LogP contribution in [0.4, 0.5) is 61.5 Å². The number of rotatable bonds is 8. The molecule has 15 heteroatoms. The van der Waals surface area contributed by atoms with E-state index in [1.807, 2.05) is 0 Å². The molecule has 0 bridgehead atoms. The van der Waals surface area contributed by atoms with E-state index < -0.39 is 62.1 Å². The van der Waals surface area contributed by atoms with E-state index in [9.17, 15) is 61.5 Å². The second-order valence-electron chi connectivity index (χ2n) is 4.61. The van der Waals surface area contributed by atoms with Crippen molar-refractivity contribution in [3.8, 4) is 0 Å². The van der Waals surface area contributed by atoms with Crippen molar-refractivity contribution >= 4 is 0 Å². The summed E-state index contributed by atoms with van der Waals surface area (Å²) in [5.41, 5.74) is 0. The van der Waals surface area contributed by atoms with Crippen LogP contribution in [0.25, 0.3) is 0 Å². The first-order valence-corrected chi connectivity index (χ1v) is 5.94. The van der Waals surface area contributed by atoms with Crippen LogP contribution in [0.1, 0.15) is 12.8 Å². The minimum absolute atomic E-state index is 2.62. The summed E-state index contributed by atoms with van der Waals surface area (Å²) in [6.45, 7) is 0. The fourth-order valence-corrected chi connectivity index (χ4v) is 1.47. The van der Waals surface area contributed by atoms with E-state index in [1.54, 1.807) is 0 Å². The van der Waals surface area contributed by atoms with E-state index in [-0.39, 0.29) is 0 Å². The average molecular weight is 410 g/mol. The number of halogens is 14. The molecule has 0 rings (SSSR count). The number of ether oxygens (including phenoxy) is 1. The Kier molecular flexibility index (Phi) is 7.38. The van der Waals surface area contributed by atoms with Gasteiger partial charge in [-0.3, -0.25) is 0 Å². The van der Waals surface area contributed by atoms with Crippen LogP contribution in [0.3, 0.4) is 0 Å². The number of hydrogen-bond acceptors (Lipinski definition) is 1. The molecule has 0 amide bonds. The molecule has 0 aromatic heterocycles. The van der Waals surface area contributed by atoms with Gasteiger partial charge in [-0.05, 0) is 0 Å². The zero-order valence-electron chi connectivity index (χ0n) is 11.4. The summed E-state index contributed by atoms with van der Waals surface area (Å²) in [4.78, 5) is 0. The molecule has 1 nitrogen and oxygen atoms in total. The maximum absolute atomic E-state index is 13.0. The fourth-order valence-electron chi connectivity index (χ4n) is 1.47. The van der Waals surface area contributed by atoms with Crippen molar-refractivity contribution in [2.24, 2.45) is 0 Å². The third-order valence-corrected chi connectivity index (χ3v) is 2.68. The lowest BCUT2D eigenvalue weighted by atomic mass is 10.1. The first kappa shape index (κ1) is 24.0. The Morgan fingerprint density at radius 2 is 0.760 bits per heavy atom. The molecule has 2 atom stereocenters. The number of hydrogen-bond donors (Lipinski definition) is 0. The molecule has 0 saturated heterocycles. The van der Waals surface area contributed by atoms with Gasteiger partial charge in [0.25, 0.3) is 0 Å². The van der Waals surface area contributed by atoms with Crippen molar-refractivity contribution in [1.29, 1.82) is 0 Å². The molecule has 0 spiro atoms. The predicted molar refractivity (Wildman–Crippen MR) is 51.9 cm³/mol. The van der Waals surface area contributed by atoms with E-state index in [2.05, 4.69) is 4.74 Å². The van der Waals surface area contributed by atoms with Crippen LogP contribution in [0.5, 0.6) is 0 Å². The minimum Gasteiger partial charge on any atom is -0.361 e. The lowest BCUT2D eigenvalue weighted by molar-refractivity contribution is -0.361. The average Bonchev–Trinajstić information content (AvgIpc) is 2.32. The molecular formula is C10H8F14O. The first-order valence-electron chi connectivity index (χ1n) is 5.94. The van der Waals surface area contributed by atoms with Crippen LogP contribution >= 0.6 is 0 Å². The van der Waals surface area contributed by atoms with Crippen molar-refractivity contribution < 1.29 is 66.2 Å². The van der Waals surface area contributed by atoms with Crippen molar-refractivity contribution in [2.75, 3.05) is 0 Å². The fraction of sp³-hybridized carbons (Fsp3) is 1.00. The highest BCUT2D eigenvalue weighted by Gasteiger charge is 2.68.